The van der Waals surface area contributed by atoms with Crippen LogP contribution in [0.1, 0.15) is 22.2 Å². The first-order chi connectivity index (χ1) is 13.5. The molecule has 140 valence electrons. The largest absolute Gasteiger partial charge is 0.506 e. The first-order valence-electron chi connectivity index (χ1n) is 8.37. The molecule has 1 amide bonds. The zero-order valence-electron chi connectivity index (χ0n) is 14.4. The lowest BCUT2D eigenvalue weighted by atomic mass is 9.94. The topological polar surface area (TPSA) is 91.0 Å². The van der Waals surface area contributed by atoms with E-state index in [2.05, 4.69) is 0 Å². The Bertz CT molecular complexity index is 1090. The van der Waals surface area contributed by atoms with E-state index < -0.39 is 23.5 Å². The van der Waals surface area contributed by atoms with Gasteiger partial charge in [0.25, 0.3) is 5.91 Å². The van der Waals surface area contributed by atoms with Gasteiger partial charge >= 0.3 is 0 Å². The first-order valence-corrected chi connectivity index (χ1v) is 8.75. The molecule has 28 heavy (non-hydrogen) atoms. The quantitative estimate of drug-likeness (QED) is 0.638. The van der Waals surface area contributed by atoms with Crippen molar-refractivity contribution in [3.8, 4) is 5.75 Å². The number of para-hydroxylation sites is 1. The Kier molecular flexibility index (Phi) is 4.41. The van der Waals surface area contributed by atoms with Crippen molar-refractivity contribution in [1.29, 1.82) is 0 Å². The molecule has 0 spiro atoms. The van der Waals surface area contributed by atoms with Gasteiger partial charge in [0.05, 0.1) is 22.9 Å². The molecule has 1 aliphatic heterocycles. The Morgan fingerprint density at radius 3 is 2.43 bits per heavy atom. The summed E-state index contributed by atoms with van der Waals surface area (Å²) in [7, 11) is 0. The number of furan rings is 1. The van der Waals surface area contributed by atoms with Crippen molar-refractivity contribution in [1.82, 2.24) is 0 Å². The maximum absolute atomic E-state index is 13.0. The number of Topliss-reactive ketones (excluding diaryl/α,β-unsaturated/α-hetero) is 1. The summed E-state index contributed by atoms with van der Waals surface area (Å²) in [6.45, 7) is 0. The van der Waals surface area contributed by atoms with Gasteiger partial charge in [0.1, 0.15) is 5.75 Å². The molecule has 0 saturated heterocycles. The van der Waals surface area contributed by atoms with Gasteiger partial charge in [-0.2, -0.15) is 0 Å². The molecule has 0 aliphatic carbocycles. The molecule has 1 aromatic heterocycles. The molecule has 1 aliphatic rings. The molecule has 0 saturated carbocycles. The number of nitrogens with zero attached hydrogens (tertiary/aromatic N) is 1. The number of hydrogen-bond acceptors (Lipinski definition) is 5. The van der Waals surface area contributed by atoms with Crippen LogP contribution < -0.4 is 4.90 Å². The molecule has 0 fully saturated rings. The lowest BCUT2D eigenvalue weighted by Crippen LogP contribution is -2.31. The third kappa shape index (κ3) is 2.84. The van der Waals surface area contributed by atoms with Gasteiger partial charge in [-0.25, -0.2) is 0 Å². The molecule has 2 N–H and O–H groups in total. The summed E-state index contributed by atoms with van der Waals surface area (Å²) in [4.78, 5) is 27.2. The van der Waals surface area contributed by atoms with E-state index in [9.17, 15) is 19.8 Å². The molecule has 1 atom stereocenters. The first kappa shape index (κ1) is 17.9. The average Bonchev–Trinajstić information content (AvgIpc) is 3.32. The highest BCUT2D eigenvalue weighted by Gasteiger charge is 2.45. The summed E-state index contributed by atoms with van der Waals surface area (Å²) in [6, 6.07) is 15.1. The number of benzene rings is 2. The minimum atomic E-state index is -0.939. The van der Waals surface area contributed by atoms with Crippen molar-refractivity contribution in [3.63, 3.8) is 0 Å². The van der Waals surface area contributed by atoms with Crippen LogP contribution in [0, 0.1) is 0 Å². The molecule has 7 heteroatoms. The Labute approximate surface area is 164 Å². The minimum absolute atomic E-state index is 0.000799. The number of amides is 1. The standard InChI is InChI=1S/C21H14ClNO5/c22-14-11-12(8-9-15(14)24)18-17(19(25)16-7-4-10-28-16)20(26)21(27)23(18)13-5-2-1-3-6-13/h1-11,18,24,26H. The van der Waals surface area contributed by atoms with E-state index in [1.807, 2.05) is 0 Å². The van der Waals surface area contributed by atoms with Crippen LogP contribution >= 0.6 is 11.6 Å². The molecular weight excluding hydrogens is 382 g/mol. The van der Waals surface area contributed by atoms with Crippen LogP contribution in [0.15, 0.2) is 82.7 Å². The predicted molar refractivity (Wildman–Crippen MR) is 102 cm³/mol. The number of hydrogen-bond donors (Lipinski definition) is 2. The molecule has 4 rings (SSSR count). The van der Waals surface area contributed by atoms with Crippen LogP contribution in [0.4, 0.5) is 5.69 Å². The number of aliphatic hydroxyl groups is 1. The van der Waals surface area contributed by atoms with Crippen LogP contribution in [0.5, 0.6) is 5.75 Å². The third-order valence-corrected chi connectivity index (χ3v) is 4.82. The second-order valence-corrected chi connectivity index (χ2v) is 6.60. The number of aromatic hydroxyl groups is 1. The van der Waals surface area contributed by atoms with Gasteiger partial charge in [-0.05, 0) is 42.0 Å². The summed E-state index contributed by atoms with van der Waals surface area (Å²) in [5.41, 5.74) is 0.833. The van der Waals surface area contributed by atoms with E-state index in [1.54, 1.807) is 42.5 Å². The summed E-state index contributed by atoms with van der Waals surface area (Å²) in [6.07, 6.45) is 1.34. The molecule has 0 radical (unpaired) electrons. The van der Waals surface area contributed by atoms with Crippen molar-refractivity contribution in [2.24, 2.45) is 0 Å². The van der Waals surface area contributed by atoms with Gasteiger partial charge in [0.2, 0.25) is 5.78 Å². The van der Waals surface area contributed by atoms with Gasteiger partial charge in [0, 0.05) is 5.69 Å². The fourth-order valence-electron chi connectivity index (χ4n) is 3.24. The average molecular weight is 396 g/mol. The Balaban J connectivity index is 1.91. The van der Waals surface area contributed by atoms with Crippen molar-refractivity contribution in [2.75, 3.05) is 4.90 Å². The molecule has 0 bridgehead atoms. The van der Waals surface area contributed by atoms with Crippen molar-refractivity contribution in [2.45, 2.75) is 6.04 Å². The monoisotopic (exact) mass is 395 g/mol. The number of phenolic OH excluding ortho intramolecular Hbond substituents is 1. The zero-order valence-corrected chi connectivity index (χ0v) is 15.1. The fourth-order valence-corrected chi connectivity index (χ4v) is 3.43. The zero-order chi connectivity index (χ0) is 19.8. The Morgan fingerprint density at radius 2 is 1.79 bits per heavy atom. The highest BCUT2D eigenvalue weighted by atomic mass is 35.5. The van der Waals surface area contributed by atoms with E-state index in [4.69, 9.17) is 16.0 Å². The van der Waals surface area contributed by atoms with E-state index in [0.29, 0.717) is 11.3 Å². The molecule has 2 aromatic carbocycles. The molecule has 2 heterocycles. The SMILES string of the molecule is O=C(C1=C(O)C(=O)N(c2ccccc2)C1c1ccc(O)c(Cl)c1)c1ccco1. The second-order valence-electron chi connectivity index (χ2n) is 6.19. The molecule has 1 unspecified atom stereocenters. The molecular formula is C21H14ClNO5. The van der Waals surface area contributed by atoms with Crippen LogP contribution in [-0.4, -0.2) is 21.9 Å². The summed E-state index contributed by atoms with van der Waals surface area (Å²) in [5.74, 6) is -2.11. The van der Waals surface area contributed by atoms with Crippen molar-refractivity contribution < 1.29 is 24.2 Å². The Hall–Kier alpha value is -3.51. The van der Waals surface area contributed by atoms with Gasteiger partial charge < -0.3 is 14.6 Å². The number of carbonyl (C=O) groups excluding carboxylic acids is 2. The van der Waals surface area contributed by atoms with Crippen LogP contribution in [-0.2, 0) is 4.79 Å². The fraction of sp³-hybridized carbons (Fsp3) is 0.0476. The summed E-state index contributed by atoms with van der Waals surface area (Å²) in [5, 5.41) is 20.4. The van der Waals surface area contributed by atoms with Gasteiger partial charge in [0.15, 0.2) is 11.5 Å². The number of rotatable bonds is 4. The highest BCUT2D eigenvalue weighted by molar-refractivity contribution is 6.32. The van der Waals surface area contributed by atoms with Crippen LogP contribution in [0.25, 0.3) is 0 Å². The van der Waals surface area contributed by atoms with Gasteiger partial charge in [-0.1, -0.05) is 35.9 Å². The lowest BCUT2D eigenvalue weighted by Gasteiger charge is -2.27. The number of carbonyl (C=O) groups is 2. The van der Waals surface area contributed by atoms with Crippen LogP contribution in [0.3, 0.4) is 0 Å². The number of phenols is 1. The molecule has 6 nitrogen and oxygen atoms in total. The van der Waals surface area contributed by atoms with E-state index >= 15 is 0 Å². The predicted octanol–water partition coefficient (Wildman–Crippen LogP) is 4.42. The third-order valence-electron chi connectivity index (χ3n) is 4.52. The highest BCUT2D eigenvalue weighted by Crippen LogP contribution is 2.43. The number of halogens is 1. The normalized spacial score (nSPS) is 16.7. The van der Waals surface area contributed by atoms with E-state index in [1.165, 1.54) is 29.4 Å². The molecule has 3 aromatic rings. The maximum atomic E-state index is 13.0. The smallest absolute Gasteiger partial charge is 0.294 e. The van der Waals surface area contributed by atoms with E-state index in [-0.39, 0.29) is 22.1 Å². The summed E-state index contributed by atoms with van der Waals surface area (Å²) >= 11 is 6.05. The van der Waals surface area contributed by atoms with Gasteiger partial charge in [-0.15, -0.1) is 0 Å². The van der Waals surface area contributed by atoms with Crippen molar-refractivity contribution in [3.05, 3.63) is 94.6 Å². The summed E-state index contributed by atoms with van der Waals surface area (Å²) < 4.78 is 5.17. The number of aliphatic hydroxyl groups excluding tert-OH is 1. The van der Waals surface area contributed by atoms with E-state index in [0.717, 1.165) is 0 Å². The lowest BCUT2D eigenvalue weighted by molar-refractivity contribution is -0.117. The van der Waals surface area contributed by atoms with Crippen LogP contribution in [0.2, 0.25) is 5.02 Å². The minimum Gasteiger partial charge on any atom is -0.506 e. The van der Waals surface area contributed by atoms with Gasteiger partial charge in [-0.3, -0.25) is 14.5 Å². The second kappa shape index (κ2) is 6.90. The Morgan fingerprint density at radius 1 is 1.04 bits per heavy atom. The number of ketones is 1. The maximum Gasteiger partial charge on any atom is 0.294 e. The van der Waals surface area contributed by atoms with Crippen molar-refractivity contribution >= 4 is 29.0 Å². The number of anilines is 1.